The molecule has 5 nitrogen and oxygen atoms in total. The van der Waals surface area contributed by atoms with Gasteiger partial charge in [0, 0.05) is 43.0 Å². The minimum atomic E-state index is -4.48. The first-order valence-electron chi connectivity index (χ1n) is 8.90. The highest BCUT2D eigenvalue weighted by atomic mass is 35.5. The second kappa shape index (κ2) is 9.23. The molecule has 3 rings (SSSR count). The maximum atomic E-state index is 12.8. The number of pyridine rings is 1. The number of anilines is 2. The van der Waals surface area contributed by atoms with E-state index in [0.717, 1.165) is 22.8 Å². The molecule has 0 atom stereocenters. The fourth-order valence-corrected chi connectivity index (χ4v) is 3.79. The molecular weight excluding hydrogens is 425 g/mol. The number of carbonyl (C=O) groups excluding carboxylic acids is 1. The highest BCUT2D eigenvalue weighted by Gasteiger charge is 2.32. The highest BCUT2D eigenvalue weighted by Crippen LogP contribution is 2.33. The number of nitrogens with one attached hydrogen (secondary N) is 1. The smallest absolute Gasteiger partial charge is 0.353 e. The molecular formula is C19H20ClF3N4OS. The lowest BCUT2D eigenvalue weighted by molar-refractivity contribution is -0.137. The minimum absolute atomic E-state index is 0.0281. The predicted molar refractivity (Wildman–Crippen MR) is 110 cm³/mol. The fourth-order valence-electron chi connectivity index (χ4n) is 3.04. The van der Waals surface area contributed by atoms with Gasteiger partial charge in [-0.15, -0.1) is 11.8 Å². The van der Waals surface area contributed by atoms with E-state index in [2.05, 4.69) is 10.3 Å². The number of amides is 1. The van der Waals surface area contributed by atoms with Gasteiger partial charge in [0.1, 0.15) is 5.82 Å². The largest absolute Gasteiger partial charge is 0.417 e. The predicted octanol–water partition coefficient (Wildman–Crippen LogP) is 4.24. The summed E-state index contributed by atoms with van der Waals surface area (Å²) in [5.41, 5.74) is -0.117. The zero-order chi connectivity index (χ0) is 21.0. The topological polar surface area (TPSA) is 48.5 Å². The number of hydrogen-bond donors (Lipinski definition) is 1. The van der Waals surface area contributed by atoms with Crippen LogP contribution in [0, 0.1) is 0 Å². The van der Waals surface area contributed by atoms with Gasteiger partial charge in [0.25, 0.3) is 0 Å². The maximum Gasteiger partial charge on any atom is 0.417 e. The van der Waals surface area contributed by atoms with Crippen LogP contribution in [-0.2, 0) is 11.0 Å². The van der Waals surface area contributed by atoms with Gasteiger partial charge in [0.05, 0.1) is 17.1 Å². The lowest BCUT2D eigenvalue weighted by atomic mass is 10.2. The van der Waals surface area contributed by atoms with E-state index in [9.17, 15) is 18.0 Å². The number of nitrogens with zero attached hydrogens (tertiary/aromatic N) is 3. The zero-order valence-corrected chi connectivity index (χ0v) is 17.2. The lowest BCUT2D eigenvalue weighted by Gasteiger charge is -2.35. The molecule has 29 heavy (non-hydrogen) atoms. The molecule has 0 radical (unpaired) electrons. The SMILES string of the molecule is CSc1cccc(NC(=O)CN2CCN(c3ncc(C(F)(F)F)cc3Cl)CC2)c1. The van der Waals surface area contributed by atoms with Gasteiger partial charge in [0.15, 0.2) is 0 Å². The van der Waals surface area contributed by atoms with Crippen molar-refractivity contribution in [3.05, 3.63) is 47.1 Å². The highest BCUT2D eigenvalue weighted by molar-refractivity contribution is 7.98. The van der Waals surface area contributed by atoms with E-state index in [1.165, 1.54) is 0 Å². The number of benzene rings is 1. The number of alkyl halides is 3. The molecule has 156 valence electrons. The standard InChI is InChI=1S/C19H20ClF3N4OS/c1-29-15-4-2-3-14(10-15)25-17(28)12-26-5-7-27(8-6-26)18-16(20)9-13(11-24-18)19(21,22)23/h2-4,9-11H,5-8,12H2,1H3,(H,25,28). The van der Waals surface area contributed by atoms with E-state index in [4.69, 9.17) is 11.6 Å². The van der Waals surface area contributed by atoms with Crippen LogP contribution >= 0.6 is 23.4 Å². The van der Waals surface area contributed by atoms with Crippen LogP contribution in [-0.4, -0.2) is 54.8 Å². The number of halogens is 4. The number of piperazine rings is 1. The van der Waals surface area contributed by atoms with Gasteiger partial charge in [-0.1, -0.05) is 17.7 Å². The fraction of sp³-hybridized carbons (Fsp3) is 0.368. The Balaban J connectivity index is 1.53. The second-order valence-corrected chi connectivity index (χ2v) is 7.86. The number of hydrogen-bond acceptors (Lipinski definition) is 5. The van der Waals surface area contributed by atoms with Crippen molar-refractivity contribution in [3.8, 4) is 0 Å². The normalized spacial score (nSPS) is 15.4. The molecule has 2 aromatic rings. The Morgan fingerprint density at radius 3 is 2.59 bits per heavy atom. The van der Waals surface area contributed by atoms with Crippen molar-refractivity contribution < 1.29 is 18.0 Å². The first kappa shape index (κ1) is 21.7. The van der Waals surface area contributed by atoms with Crippen LogP contribution < -0.4 is 10.2 Å². The van der Waals surface area contributed by atoms with E-state index >= 15 is 0 Å². The average molecular weight is 445 g/mol. The minimum Gasteiger partial charge on any atom is -0.353 e. The summed E-state index contributed by atoms with van der Waals surface area (Å²) in [6.07, 6.45) is -1.71. The summed E-state index contributed by atoms with van der Waals surface area (Å²) in [5, 5.41) is 2.86. The molecule has 10 heteroatoms. The summed E-state index contributed by atoms with van der Waals surface area (Å²) in [6.45, 7) is 2.45. The van der Waals surface area contributed by atoms with Gasteiger partial charge in [-0.2, -0.15) is 13.2 Å². The van der Waals surface area contributed by atoms with Crippen molar-refractivity contribution >= 4 is 40.8 Å². The number of rotatable bonds is 5. The molecule has 1 aliphatic rings. The third kappa shape index (κ3) is 5.77. The van der Waals surface area contributed by atoms with Crippen molar-refractivity contribution in [1.29, 1.82) is 0 Å². The maximum absolute atomic E-state index is 12.8. The molecule has 0 bridgehead atoms. The number of thioether (sulfide) groups is 1. The zero-order valence-electron chi connectivity index (χ0n) is 15.7. The third-order valence-electron chi connectivity index (χ3n) is 4.54. The molecule has 1 aromatic heterocycles. The Morgan fingerprint density at radius 2 is 1.97 bits per heavy atom. The third-order valence-corrected chi connectivity index (χ3v) is 5.55. The molecule has 1 N–H and O–H groups in total. The molecule has 1 fully saturated rings. The van der Waals surface area contributed by atoms with Gasteiger partial charge in [-0.05, 0) is 30.5 Å². The van der Waals surface area contributed by atoms with Crippen LogP contribution in [0.15, 0.2) is 41.4 Å². The Morgan fingerprint density at radius 1 is 1.24 bits per heavy atom. The Bertz CT molecular complexity index is 873. The average Bonchev–Trinajstić information content (AvgIpc) is 2.68. The Kier molecular flexibility index (Phi) is 6.92. The molecule has 0 saturated carbocycles. The molecule has 0 aliphatic carbocycles. The van der Waals surface area contributed by atoms with Gasteiger partial charge >= 0.3 is 6.18 Å². The van der Waals surface area contributed by atoms with Crippen LogP contribution in [0.25, 0.3) is 0 Å². The molecule has 0 spiro atoms. The molecule has 2 heterocycles. The van der Waals surface area contributed by atoms with Crippen molar-refractivity contribution in [2.24, 2.45) is 0 Å². The van der Waals surface area contributed by atoms with Crippen molar-refractivity contribution in [3.63, 3.8) is 0 Å². The van der Waals surface area contributed by atoms with Crippen molar-refractivity contribution in [2.45, 2.75) is 11.1 Å². The molecule has 1 amide bonds. The number of aromatic nitrogens is 1. The summed E-state index contributed by atoms with van der Waals surface area (Å²) < 4.78 is 38.3. The van der Waals surface area contributed by atoms with Crippen LogP contribution in [0.5, 0.6) is 0 Å². The van der Waals surface area contributed by atoms with Gasteiger partial charge < -0.3 is 10.2 Å². The van der Waals surface area contributed by atoms with E-state index in [1.54, 1.807) is 11.8 Å². The van der Waals surface area contributed by atoms with Gasteiger partial charge in [-0.3, -0.25) is 9.69 Å². The summed E-state index contributed by atoms with van der Waals surface area (Å²) in [5.74, 6) is 0.222. The number of carbonyl (C=O) groups is 1. The summed E-state index contributed by atoms with van der Waals surface area (Å²) in [6, 6.07) is 8.51. The molecule has 1 aliphatic heterocycles. The van der Waals surface area contributed by atoms with Crippen molar-refractivity contribution in [1.82, 2.24) is 9.88 Å². The van der Waals surface area contributed by atoms with Crippen molar-refractivity contribution in [2.75, 3.05) is 49.2 Å². The molecule has 1 aromatic carbocycles. The molecule has 0 unspecified atom stereocenters. The monoisotopic (exact) mass is 444 g/mol. The van der Waals surface area contributed by atoms with Gasteiger partial charge in [0.2, 0.25) is 5.91 Å². The van der Waals surface area contributed by atoms with Gasteiger partial charge in [-0.25, -0.2) is 4.98 Å². The van der Waals surface area contributed by atoms with Crippen LogP contribution in [0.3, 0.4) is 0 Å². The first-order valence-corrected chi connectivity index (χ1v) is 10.5. The summed E-state index contributed by atoms with van der Waals surface area (Å²) in [4.78, 5) is 21.1. The first-order chi connectivity index (χ1) is 13.8. The Hall–Kier alpha value is -1.97. The van der Waals surface area contributed by atoms with E-state index < -0.39 is 11.7 Å². The quantitative estimate of drug-likeness (QED) is 0.699. The van der Waals surface area contributed by atoms with Crippen LogP contribution in [0.4, 0.5) is 24.7 Å². The molecule has 1 saturated heterocycles. The second-order valence-electron chi connectivity index (χ2n) is 6.57. The van der Waals surface area contributed by atoms with Crippen LogP contribution in [0.1, 0.15) is 5.56 Å². The van der Waals surface area contributed by atoms with E-state index in [0.29, 0.717) is 32.0 Å². The van der Waals surface area contributed by atoms with E-state index in [1.807, 2.05) is 40.3 Å². The Labute approximate surface area is 176 Å². The van der Waals surface area contributed by atoms with E-state index in [-0.39, 0.29) is 17.5 Å². The summed E-state index contributed by atoms with van der Waals surface area (Å²) in [7, 11) is 0. The lowest BCUT2D eigenvalue weighted by Crippen LogP contribution is -2.49. The van der Waals surface area contributed by atoms with Crippen LogP contribution in [0.2, 0.25) is 5.02 Å². The summed E-state index contributed by atoms with van der Waals surface area (Å²) >= 11 is 7.62.